The summed E-state index contributed by atoms with van der Waals surface area (Å²) in [7, 11) is -0.203. The molecule has 0 saturated heterocycles. The minimum Gasteiger partial charge on any atom is -0.489 e. The van der Waals surface area contributed by atoms with Crippen molar-refractivity contribution in [3.8, 4) is 17.2 Å². The number of hydrogen-bond donors (Lipinski definition) is 3. The minimum absolute atomic E-state index is 0.142. The number of anilines is 4. The number of rotatable bonds is 30. The Morgan fingerprint density at radius 1 is 0.550 bits per heavy atom. The van der Waals surface area contributed by atoms with Gasteiger partial charge < -0.3 is 29.7 Å². The Kier molecular flexibility index (Phi) is 21.2. The molecule has 0 saturated carbocycles. The van der Waals surface area contributed by atoms with E-state index in [2.05, 4.69) is 36.1 Å². The van der Waals surface area contributed by atoms with E-state index < -0.39 is 16.1 Å². The number of unbranched alkanes of at least 4 members (excludes halogenated alkanes) is 15. The second-order valence-corrected chi connectivity index (χ2v) is 17.6. The van der Waals surface area contributed by atoms with E-state index in [1.54, 1.807) is 54.6 Å². The van der Waals surface area contributed by atoms with Crippen molar-refractivity contribution >= 4 is 49.6 Å². The molecule has 4 aromatic carbocycles. The zero-order valence-electron chi connectivity index (χ0n) is 37.1. The number of fused-ring (bicyclic) bond motifs is 1. The van der Waals surface area contributed by atoms with Crippen LogP contribution in [0.2, 0.25) is 0 Å². The lowest BCUT2D eigenvalue weighted by molar-refractivity contribution is 0.234. The number of ether oxygens (including phenoxy) is 3. The van der Waals surface area contributed by atoms with Gasteiger partial charge in [-0.25, -0.2) is 13.2 Å². The highest BCUT2D eigenvalue weighted by molar-refractivity contribution is 7.93. The first-order chi connectivity index (χ1) is 29.2. The van der Waals surface area contributed by atoms with Crippen molar-refractivity contribution < 1.29 is 27.4 Å². The molecular formula is C49H72N4O6S. The van der Waals surface area contributed by atoms with Crippen LogP contribution in [-0.2, 0) is 10.0 Å². The third kappa shape index (κ3) is 15.8. The van der Waals surface area contributed by atoms with Gasteiger partial charge in [-0.3, -0.25) is 4.72 Å². The van der Waals surface area contributed by atoms with Gasteiger partial charge in [-0.05, 0) is 43.5 Å². The molecule has 0 aliphatic carbocycles. The summed E-state index contributed by atoms with van der Waals surface area (Å²) in [5, 5.41) is 7.25. The zero-order chi connectivity index (χ0) is 43.0. The first-order valence-electron chi connectivity index (χ1n) is 22.6. The van der Waals surface area contributed by atoms with Crippen LogP contribution >= 0.6 is 0 Å². The number of carbonyl (C=O) groups excluding carboxylic acids is 1. The Labute approximate surface area is 361 Å². The zero-order valence-corrected chi connectivity index (χ0v) is 37.9. The van der Waals surface area contributed by atoms with E-state index in [0.717, 1.165) is 49.6 Å². The van der Waals surface area contributed by atoms with E-state index in [9.17, 15) is 13.2 Å². The van der Waals surface area contributed by atoms with Crippen molar-refractivity contribution in [2.45, 2.75) is 141 Å². The molecule has 3 N–H and O–H groups in total. The van der Waals surface area contributed by atoms with Gasteiger partial charge in [-0.15, -0.1) is 0 Å². The summed E-state index contributed by atoms with van der Waals surface area (Å²) in [6.07, 6.45) is 20.6. The molecule has 60 heavy (non-hydrogen) atoms. The van der Waals surface area contributed by atoms with Crippen LogP contribution in [0.3, 0.4) is 0 Å². The van der Waals surface area contributed by atoms with E-state index >= 15 is 0 Å². The second-order valence-electron chi connectivity index (χ2n) is 15.9. The predicted octanol–water partition coefficient (Wildman–Crippen LogP) is 13.6. The second kappa shape index (κ2) is 26.5. The summed E-state index contributed by atoms with van der Waals surface area (Å²) in [6, 6.07) is 20.6. The normalized spacial score (nSPS) is 11.3. The molecule has 10 nitrogen and oxygen atoms in total. The summed E-state index contributed by atoms with van der Waals surface area (Å²) < 4.78 is 49.9. The lowest BCUT2D eigenvalue weighted by atomic mass is 10.1. The highest BCUT2D eigenvalue weighted by Crippen LogP contribution is 2.42. The van der Waals surface area contributed by atoms with Crippen LogP contribution in [0.5, 0.6) is 17.2 Å². The molecule has 11 heteroatoms. The number of nitrogens with one attached hydrogen (secondary N) is 3. The van der Waals surface area contributed by atoms with Crippen molar-refractivity contribution in [1.82, 2.24) is 0 Å². The maximum atomic E-state index is 13.9. The number of urea groups is 1. The highest BCUT2D eigenvalue weighted by Gasteiger charge is 2.22. The van der Waals surface area contributed by atoms with Gasteiger partial charge in [0.1, 0.15) is 0 Å². The summed E-state index contributed by atoms with van der Waals surface area (Å²) >= 11 is 0. The van der Waals surface area contributed by atoms with E-state index in [1.165, 1.54) is 77.0 Å². The fraction of sp³-hybridized carbons (Fsp3) is 0.531. The van der Waals surface area contributed by atoms with Gasteiger partial charge in [0.25, 0.3) is 10.0 Å². The topological polar surface area (TPSA) is 118 Å². The lowest BCUT2D eigenvalue weighted by Gasteiger charge is -2.20. The number of amides is 2. The quantitative estimate of drug-likeness (QED) is 0.0447. The minimum atomic E-state index is -4.05. The van der Waals surface area contributed by atoms with Gasteiger partial charge in [-0.1, -0.05) is 153 Å². The molecule has 0 aliphatic heterocycles. The Morgan fingerprint density at radius 2 is 1.03 bits per heavy atom. The van der Waals surface area contributed by atoms with Crippen molar-refractivity contribution in [1.29, 1.82) is 0 Å². The maximum absolute atomic E-state index is 13.9. The summed E-state index contributed by atoms with van der Waals surface area (Å²) in [5.74, 6) is 1.63. The Morgan fingerprint density at radius 3 is 1.58 bits per heavy atom. The maximum Gasteiger partial charge on any atom is 0.323 e. The predicted molar refractivity (Wildman–Crippen MR) is 251 cm³/mol. The third-order valence-corrected chi connectivity index (χ3v) is 12.0. The number of para-hydroxylation sites is 2. The van der Waals surface area contributed by atoms with Crippen LogP contribution in [-0.4, -0.2) is 48.4 Å². The van der Waals surface area contributed by atoms with E-state index in [1.807, 2.05) is 37.2 Å². The summed E-state index contributed by atoms with van der Waals surface area (Å²) in [6.45, 7) is 8.25. The lowest BCUT2D eigenvalue weighted by Crippen LogP contribution is -2.21. The molecule has 0 atom stereocenters. The fourth-order valence-electron chi connectivity index (χ4n) is 7.25. The van der Waals surface area contributed by atoms with E-state index in [0.29, 0.717) is 53.8 Å². The van der Waals surface area contributed by atoms with Gasteiger partial charge in [0, 0.05) is 42.7 Å². The first kappa shape index (κ1) is 48.0. The molecule has 4 rings (SSSR count). The third-order valence-electron chi connectivity index (χ3n) is 10.6. The molecule has 0 fully saturated rings. The van der Waals surface area contributed by atoms with Crippen LogP contribution in [0.25, 0.3) is 10.8 Å². The van der Waals surface area contributed by atoms with E-state index in [-0.39, 0.29) is 10.6 Å². The number of nitrogens with zero attached hydrogens (tertiary/aromatic N) is 1. The molecular weight excluding hydrogens is 773 g/mol. The standard InChI is InChI=1S/C49H72N4O6S/c1-6-9-12-15-18-23-34-57-45-37-39(38-46(58-35-24-19-16-13-10-7-2)48(45)59-36-25-20-17-14-11-8-3)50-49(54)51-42-30-21-22-31-43(42)52-60(55,56)47-33-27-28-40-41(47)29-26-32-44(40)53(4)5/h21-22,26-33,37-38,52H,6-20,23-25,34-36H2,1-5H3,(H2,50,51,54). The molecule has 2 amide bonds. The van der Waals surface area contributed by atoms with E-state index in [4.69, 9.17) is 14.2 Å². The van der Waals surface area contributed by atoms with Gasteiger partial charge >= 0.3 is 6.03 Å². The SMILES string of the molecule is CCCCCCCCOc1cc(NC(=O)Nc2ccccc2NS(=O)(=O)c2cccc3c(N(C)C)cccc23)cc(OCCCCCCCC)c1OCCCCCCCC. The number of carbonyl (C=O) groups is 1. The average molecular weight is 845 g/mol. The number of hydrogen-bond acceptors (Lipinski definition) is 7. The average Bonchev–Trinajstić information content (AvgIpc) is 3.23. The molecule has 0 radical (unpaired) electrons. The number of sulfonamides is 1. The summed E-state index contributed by atoms with van der Waals surface area (Å²) in [4.78, 5) is 15.8. The van der Waals surface area contributed by atoms with Crippen LogP contribution in [0.4, 0.5) is 27.5 Å². The van der Waals surface area contributed by atoms with Crippen LogP contribution in [0, 0.1) is 0 Å². The molecule has 0 heterocycles. The Balaban J connectivity index is 1.55. The Bertz CT molecular complexity index is 1950. The van der Waals surface area contributed by atoms with Crippen molar-refractivity contribution in [3.05, 3.63) is 72.8 Å². The molecule has 0 aromatic heterocycles. The molecule has 0 unspecified atom stereocenters. The fourth-order valence-corrected chi connectivity index (χ4v) is 8.55. The molecule has 4 aromatic rings. The van der Waals surface area contributed by atoms with Crippen molar-refractivity contribution in [2.75, 3.05) is 54.2 Å². The molecule has 330 valence electrons. The van der Waals surface area contributed by atoms with Crippen molar-refractivity contribution in [2.24, 2.45) is 0 Å². The van der Waals surface area contributed by atoms with Crippen LogP contribution in [0.1, 0.15) is 136 Å². The monoisotopic (exact) mass is 845 g/mol. The highest BCUT2D eigenvalue weighted by atomic mass is 32.2. The summed E-state index contributed by atoms with van der Waals surface area (Å²) in [5.41, 5.74) is 1.91. The molecule has 0 aliphatic rings. The van der Waals surface area contributed by atoms with Gasteiger partial charge in [0.2, 0.25) is 5.75 Å². The van der Waals surface area contributed by atoms with Gasteiger partial charge in [0.05, 0.1) is 41.8 Å². The largest absolute Gasteiger partial charge is 0.489 e. The number of benzene rings is 4. The van der Waals surface area contributed by atoms with Crippen LogP contribution in [0.15, 0.2) is 77.7 Å². The van der Waals surface area contributed by atoms with Crippen molar-refractivity contribution in [3.63, 3.8) is 0 Å². The first-order valence-corrected chi connectivity index (χ1v) is 24.1. The smallest absolute Gasteiger partial charge is 0.323 e. The van der Waals surface area contributed by atoms with Gasteiger partial charge in [-0.2, -0.15) is 0 Å². The molecule has 0 bridgehead atoms. The molecule has 0 spiro atoms. The Hall–Kier alpha value is -4.64. The van der Waals surface area contributed by atoms with Gasteiger partial charge in [0.15, 0.2) is 11.5 Å². The van der Waals surface area contributed by atoms with Crippen LogP contribution < -0.4 is 34.5 Å².